The number of hydrogen-bond donors (Lipinski definition) is 9. The number of benzene rings is 6. The van der Waals surface area contributed by atoms with Crippen molar-refractivity contribution in [2.45, 2.75) is 96.2 Å². The number of anilines is 16. The minimum atomic E-state index is -2.56. The number of nitrogens with zero attached hydrogens (tertiary/aromatic N) is 12. The van der Waals surface area contributed by atoms with Crippen molar-refractivity contribution in [2.75, 3.05) is 219 Å². The number of carbonyl (C=O) groups excluding carboxylic acids is 3. The lowest BCUT2D eigenvalue weighted by atomic mass is 9.99. The number of methoxy groups -OCH3 is 3. The number of piperidine rings is 4. The molecule has 0 atom stereocenters. The van der Waals surface area contributed by atoms with E-state index in [4.69, 9.17) is 53.8 Å². The van der Waals surface area contributed by atoms with Crippen molar-refractivity contribution in [3.8, 4) is 17.2 Å². The Bertz CT molecular complexity index is 5590. The number of hydrogen-bond acceptors (Lipinski definition) is 28. The first-order chi connectivity index (χ1) is 63.9. The molecule has 6 aromatic carbocycles. The van der Waals surface area contributed by atoms with Crippen LogP contribution in [0.1, 0.15) is 78.1 Å². The van der Waals surface area contributed by atoms with E-state index in [1.807, 2.05) is 97.1 Å². The first-order valence-electron chi connectivity index (χ1n) is 44.8. The molecule has 6 fully saturated rings. The Morgan fingerprint density at radius 1 is 0.396 bits per heavy atom. The molecule has 0 saturated carbocycles. The van der Waals surface area contributed by atoms with Gasteiger partial charge in [0, 0.05) is 130 Å². The van der Waals surface area contributed by atoms with Crippen LogP contribution in [0.25, 0.3) is 0 Å². The maximum Gasteiger partial charge on any atom is 0.247 e. The Labute approximate surface area is 804 Å². The molecule has 9 heterocycles. The summed E-state index contributed by atoms with van der Waals surface area (Å²) in [6, 6.07) is 40.4. The number of nitrogens with one attached hydrogen (secondary N) is 9. The fraction of sp³-hybridized carbons (Fsp3) is 0.412. The molecule has 134 heavy (non-hydrogen) atoms. The van der Waals surface area contributed by atoms with Crippen LogP contribution in [0.15, 0.2) is 178 Å². The van der Waals surface area contributed by atoms with Gasteiger partial charge in [-0.15, -0.1) is 0 Å². The van der Waals surface area contributed by atoms with Gasteiger partial charge in [-0.2, -0.15) is 15.0 Å². The highest BCUT2D eigenvalue weighted by molar-refractivity contribution is 7.71. The van der Waals surface area contributed by atoms with Gasteiger partial charge < -0.3 is 105 Å². The lowest BCUT2D eigenvalue weighted by Gasteiger charge is -2.41. The zero-order chi connectivity index (χ0) is 95.4. The van der Waals surface area contributed by atoms with Crippen molar-refractivity contribution in [2.24, 2.45) is 0 Å². The molecule has 15 rings (SSSR count). The molecule has 9 aromatic rings. The van der Waals surface area contributed by atoms with Crippen LogP contribution >= 0.6 is 56.2 Å². The van der Waals surface area contributed by atoms with E-state index in [9.17, 15) is 28.1 Å². The second-order valence-corrected chi connectivity index (χ2v) is 44.6. The number of aromatic nitrogens is 6. The van der Waals surface area contributed by atoms with E-state index in [0.29, 0.717) is 102 Å². The third-order valence-corrected chi connectivity index (χ3v) is 29.2. The molecular weight excluding hydrogens is 1820 g/mol. The van der Waals surface area contributed by atoms with Crippen LogP contribution in [-0.4, -0.2) is 248 Å². The summed E-state index contributed by atoms with van der Waals surface area (Å²) in [7, 11) is 0.493. The second-order valence-electron chi connectivity index (χ2n) is 33.8. The van der Waals surface area contributed by atoms with E-state index < -0.39 is 21.4 Å². The summed E-state index contributed by atoms with van der Waals surface area (Å²) in [6.45, 7) is 35.0. The van der Waals surface area contributed by atoms with Gasteiger partial charge in [0.25, 0.3) is 0 Å². The fourth-order valence-corrected chi connectivity index (χ4v) is 20.6. The maximum absolute atomic E-state index is 12.9. The SMILES string of the molecule is C.C=CC(=O)NC.C=CC(=O)NC.C=CC(=O)Nc1cc(Nc2ncc(Cl)c(Nc3ccccc3P(C)(C)=O)n2)c(OC)cc1N1CCC(N2CCCCC2)CC1.COc1cc(N2CCC(N3CCCC3)CC2)ccc1Nc1ncc(Cl)c(Nc2ccccc2P(C)(C)=O)n1.COc1cc(N2CCC(N3CCOCC3)CC2)ccc1Nc1ncc(Cl)c(Nc2ccccc2P(C)(C)=O)n1. The molecule has 0 spiro atoms. The third kappa shape index (κ3) is 29.8. The van der Waals surface area contributed by atoms with Gasteiger partial charge in [-0.1, -0.05) is 105 Å². The highest BCUT2D eigenvalue weighted by Gasteiger charge is 2.32. The van der Waals surface area contributed by atoms with Crippen LogP contribution in [0.2, 0.25) is 15.1 Å². The molecule has 6 aliphatic rings. The molecule has 31 nitrogen and oxygen atoms in total. The maximum atomic E-state index is 12.9. The van der Waals surface area contributed by atoms with E-state index in [1.54, 1.807) is 87.8 Å². The number of rotatable bonds is 28. The summed E-state index contributed by atoms with van der Waals surface area (Å²) in [6.07, 6.45) is 21.7. The van der Waals surface area contributed by atoms with Gasteiger partial charge in [-0.25, -0.2) is 15.0 Å². The van der Waals surface area contributed by atoms with Gasteiger partial charge >= 0.3 is 0 Å². The van der Waals surface area contributed by atoms with Gasteiger partial charge in [0.2, 0.25) is 35.6 Å². The van der Waals surface area contributed by atoms with E-state index in [-0.39, 0.29) is 31.1 Å². The molecule has 0 unspecified atom stereocenters. The predicted octanol–water partition coefficient (Wildman–Crippen LogP) is 18.0. The Morgan fingerprint density at radius 2 is 0.716 bits per heavy atom. The molecule has 6 saturated heterocycles. The molecule has 0 aliphatic carbocycles. The first-order valence-corrected chi connectivity index (χ1v) is 53.7. The average Bonchev–Trinajstić information content (AvgIpc) is 0.909. The minimum absolute atomic E-state index is 0. The van der Waals surface area contributed by atoms with Crippen LogP contribution in [0.5, 0.6) is 17.2 Å². The van der Waals surface area contributed by atoms with Crippen LogP contribution in [-0.2, 0) is 32.8 Å². The number of likely N-dealkylation sites (N-methyl/N-ethyl adjacent to an activating group) is 2. The zero-order valence-electron chi connectivity index (χ0n) is 78.0. The lowest BCUT2D eigenvalue weighted by Crippen LogP contribution is -2.49. The van der Waals surface area contributed by atoms with Crippen LogP contribution in [0.3, 0.4) is 0 Å². The number of halogens is 3. The van der Waals surface area contributed by atoms with E-state index >= 15 is 0 Å². The van der Waals surface area contributed by atoms with Gasteiger partial charge in [0.15, 0.2) is 17.5 Å². The molecular formula is C97H131Cl3N21O10P3. The average molecular weight is 1950 g/mol. The Hall–Kier alpha value is -10.8. The zero-order valence-corrected chi connectivity index (χ0v) is 82.9. The topological polar surface area (TPSA) is 344 Å². The fourth-order valence-electron chi connectivity index (χ4n) is 16.8. The summed E-state index contributed by atoms with van der Waals surface area (Å²) < 4.78 is 61.2. The van der Waals surface area contributed by atoms with Gasteiger partial charge in [-0.05, 0) is 215 Å². The quantitative estimate of drug-likeness (QED) is 0.0162. The summed E-state index contributed by atoms with van der Waals surface area (Å²) in [4.78, 5) is 74.3. The normalized spacial score (nSPS) is 15.8. The number of morpholine rings is 1. The van der Waals surface area contributed by atoms with Gasteiger partial charge in [0.1, 0.15) is 53.7 Å². The Balaban J connectivity index is 0.000000195. The van der Waals surface area contributed by atoms with E-state index in [0.717, 1.165) is 142 Å². The number of ether oxygens (including phenoxy) is 4. The highest BCUT2D eigenvalue weighted by Crippen LogP contribution is 2.45. The molecule has 37 heteroatoms. The smallest absolute Gasteiger partial charge is 0.247 e. The van der Waals surface area contributed by atoms with Gasteiger partial charge in [-0.3, -0.25) is 19.3 Å². The number of para-hydroxylation sites is 3. The first kappa shape index (κ1) is 105. The monoisotopic (exact) mass is 1950 g/mol. The van der Waals surface area contributed by atoms with Crippen LogP contribution in [0.4, 0.5) is 92.2 Å². The van der Waals surface area contributed by atoms with Crippen LogP contribution < -0.4 is 92.7 Å². The summed E-state index contributed by atoms with van der Waals surface area (Å²) in [5.74, 6) is 3.64. The second kappa shape index (κ2) is 50.7. The minimum Gasteiger partial charge on any atom is -0.494 e. The third-order valence-electron chi connectivity index (χ3n) is 23.8. The largest absolute Gasteiger partial charge is 0.494 e. The van der Waals surface area contributed by atoms with Crippen molar-refractivity contribution in [1.82, 2.24) is 55.2 Å². The van der Waals surface area contributed by atoms with E-state index in [2.05, 4.69) is 151 Å². The van der Waals surface area contributed by atoms with Crippen molar-refractivity contribution < 1.29 is 47.0 Å². The molecule has 3 amide bonds. The molecule has 9 N–H and O–H groups in total. The van der Waals surface area contributed by atoms with Crippen molar-refractivity contribution >= 4 is 182 Å². The predicted molar refractivity (Wildman–Crippen MR) is 555 cm³/mol. The Morgan fingerprint density at radius 3 is 1.04 bits per heavy atom. The molecule has 720 valence electrons. The van der Waals surface area contributed by atoms with Crippen LogP contribution in [0, 0.1) is 0 Å². The summed E-state index contributed by atoms with van der Waals surface area (Å²) in [5, 5.41) is 30.4. The summed E-state index contributed by atoms with van der Waals surface area (Å²) >= 11 is 19.3. The van der Waals surface area contributed by atoms with Gasteiger partial charge in [0.05, 0.1) is 98.6 Å². The van der Waals surface area contributed by atoms with Crippen molar-refractivity contribution in [3.63, 3.8) is 0 Å². The Kier molecular flexibility index (Phi) is 39.8. The highest BCUT2D eigenvalue weighted by atomic mass is 35.5. The standard InChI is InChI=1S/C32H41ClN7O3P.C28H36ClN6O3P.C28H36ClN6O2P.2C4H7NO.CH4/c1-5-30(41)35-25-19-26(28(43-2)20-27(25)40-17-13-22(14-18-40)39-15-9-6-10-16-39)37-32-34-21-23(33)31(38-32)36-24-11-7-8-12-29(24)44(3,4)42;1-37-25-18-21(34-12-10-20(11-13-34)35-14-16-38-17-15-35)8-9-23(25)32-28-30-19-22(29)27(33-28)31-24-6-4-5-7-26(24)39(2,3)36;1-37-25-18-21(35-16-12-20(13-17-35)34-14-6-7-15-34)10-11-23(25)32-28-30-19-22(29)27(33-28)31-24-8-4-5-9-26(24)38(2,3)36;2*1-3-4(6)5-2;/h5,7-8,11-12,19-22H,1,6,9-10,13-18H2,2-4H3,(H,35,41)(H2,34,36,37,38);4-9,18-20H,10-17H2,1-3H3,(H2,30,31,32,33);4-5,8-11,18-20H,6-7,12-17H2,1-3H3,(H2,30,31,32,33);2*3H,1H2,2H3,(H,5,6);1H4. The molecule has 3 aromatic heterocycles. The molecule has 6 aliphatic heterocycles. The molecule has 0 radical (unpaired) electrons. The number of amides is 3. The molecule has 0 bridgehead atoms. The number of carbonyl (C=O) groups is 3. The van der Waals surface area contributed by atoms with Crippen molar-refractivity contribution in [1.29, 1.82) is 0 Å². The van der Waals surface area contributed by atoms with E-state index in [1.165, 1.54) is 95.5 Å². The van der Waals surface area contributed by atoms with Crippen molar-refractivity contribution in [3.05, 3.63) is 193 Å². The number of likely N-dealkylation sites (tertiary alicyclic amines) is 2. The lowest BCUT2D eigenvalue weighted by molar-refractivity contribution is -0.116. The summed E-state index contributed by atoms with van der Waals surface area (Å²) in [5.41, 5.74) is 7.99.